The van der Waals surface area contributed by atoms with E-state index in [-0.39, 0.29) is 71.7 Å². The van der Waals surface area contributed by atoms with Crippen molar-refractivity contribution < 1.29 is 94.5 Å². The van der Waals surface area contributed by atoms with Crippen molar-refractivity contribution in [1.29, 1.82) is 0 Å². The quantitative estimate of drug-likeness (QED) is 0.0192. The molecule has 0 amide bonds. The Labute approximate surface area is 843 Å². The van der Waals surface area contributed by atoms with Gasteiger partial charge in [0.15, 0.2) is 81.6 Å². The van der Waals surface area contributed by atoms with Crippen LogP contribution in [0.1, 0.15) is 58.8 Å². The molecule has 0 aliphatic heterocycles. The van der Waals surface area contributed by atoms with Crippen LogP contribution in [-0.2, 0) is 47.0 Å². The fourth-order valence-corrected chi connectivity index (χ4v) is 24.4. The maximum Gasteiger partial charge on any atom is 0.344 e. The number of aromatic hydroxyl groups is 1. The molecule has 0 saturated carbocycles. The van der Waals surface area contributed by atoms with E-state index in [1.165, 1.54) is 71.7 Å². The smallest absolute Gasteiger partial charge is 0.344 e. The summed E-state index contributed by atoms with van der Waals surface area (Å²) in [6.07, 6.45) is -1.67. The van der Waals surface area contributed by atoms with Crippen LogP contribution in [0, 0.1) is 58.7 Å². The first-order valence-corrected chi connectivity index (χ1v) is 49.8. The van der Waals surface area contributed by atoms with Crippen molar-refractivity contribution in [1.82, 2.24) is 0 Å². The molecule has 15 aromatic carbocycles. The molecule has 1 heterocycles. The first kappa shape index (κ1) is 108. The summed E-state index contributed by atoms with van der Waals surface area (Å²) in [5.74, 6) is -16.5. The number of carbonyl (C=O) groups is 5. The Hall–Kier alpha value is -10.4. The maximum atomic E-state index is 13.6. The Morgan fingerprint density at radius 3 is 1.03 bits per heavy atom. The Bertz CT molecular complexity index is 6100. The molecule has 30 heteroatoms. The molecule has 1 aromatic heterocycles. The van der Waals surface area contributed by atoms with Crippen LogP contribution in [0.3, 0.4) is 0 Å². The molecular weight excluding hydrogens is 2360 g/mol. The number of nitrogen functional groups attached to an aromatic ring is 1. The van der Waals surface area contributed by atoms with Gasteiger partial charge in [-0.05, 0) is 309 Å². The number of fused-ring (bicyclic) bond motifs is 3. The van der Waals surface area contributed by atoms with Gasteiger partial charge in [-0.1, -0.05) is 190 Å². The fourth-order valence-electron chi connectivity index (χ4n) is 11.5. The van der Waals surface area contributed by atoms with Gasteiger partial charge in [0, 0.05) is 47.7 Å². The number of carboxylic acids is 4. The highest BCUT2D eigenvalue weighted by Gasteiger charge is 2.32. The van der Waals surface area contributed by atoms with Crippen LogP contribution in [-0.4, -0.2) is 58.7 Å². The average molecular weight is 2440 g/mol. The van der Waals surface area contributed by atoms with E-state index >= 15 is 0 Å². The number of hydrogen-bond donors (Lipinski definition) is 3. The molecule has 0 aliphatic rings. The Kier molecular flexibility index (Phi) is 44.0. The number of aliphatic carboxylic acids is 2. The molecule has 133 heavy (non-hydrogen) atoms. The molecule has 0 spiro atoms. The predicted molar refractivity (Wildman–Crippen MR) is 545 cm³/mol. The summed E-state index contributed by atoms with van der Waals surface area (Å²) < 4.78 is 112. The topological polar surface area (TPSA) is 253 Å². The van der Waals surface area contributed by atoms with Crippen LogP contribution in [0.5, 0.6) is 5.75 Å². The molecule has 16 rings (SSSR count). The van der Waals surface area contributed by atoms with Crippen LogP contribution in [0.2, 0.25) is 0 Å². The number of anilines is 1. The van der Waals surface area contributed by atoms with Crippen LogP contribution < -0.4 is 26.2 Å². The average Bonchev–Trinajstić information content (AvgIpc) is 1.60. The molecule has 2 unspecified atom stereocenters. The maximum absolute atomic E-state index is 13.6. The predicted octanol–water partition coefficient (Wildman–Crippen LogP) is 23.3. The molecule has 0 bridgehead atoms. The van der Waals surface area contributed by atoms with Gasteiger partial charge in [-0.15, -0.1) is 0 Å². The highest BCUT2D eigenvalue weighted by atomic mass is 127. The van der Waals surface area contributed by atoms with Gasteiger partial charge in [0.05, 0.1) is 76.7 Å². The molecular formula is C103H80F8I5NO12S4. The zero-order valence-electron chi connectivity index (χ0n) is 70.6. The molecule has 0 aliphatic carbocycles. The lowest BCUT2D eigenvalue weighted by Gasteiger charge is -2.16. The molecule has 0 radical (unpaired) electrons. The van der Waals surface area contributed by atoms with E-state index in [9.17, 15) is 74.7 Å². The van der Waals surface area contributed by atoms with Gasteiger partial charge in [-0.3, -0.25) is 0 Å². The first-order chi connectivity index (χ1) is 63.5. The van der Waals surface area contributed by atoms with E-state index in [0.717, 1.165) is 43.8 Å². The minimum Gasteiger partial charge on any atom is -0.547 e. The number of hydrogen-bond acceptors (Lipinski definition) is 13. The molecule has 2 atom stereocenters. The normalized spacial score (nSPS) is 10.9. The number of phenolic OH excluding ortho intramolecular Hbond substituents is 1. The van der Waals surface area contributed by atoms with E-state index in [2.05, 4.69) is 304 Å². The first-order valence-electron chi connectivity index (χ1n) is 39.5. The van der Waals surface area contributed by atoms with Crippen molar-refractivity contribution >= 4 is 212 Å². The highest BCUT2D eigenvalue weighted by Crippen LogP contribution is 2.48. The monoisotopic (exact) mass is 2440 g/mol. The number of ether oxygens (including phenoxy) is 1. The Morgan fingerprint density at radius 2 is 0.707 bits per heavy atom. The van der Waals surface area contributed by atoms with Gasteiger partial charge in [0.1, 0.15) is 35.3 Å². The second-order valence-corrected chi connectivity index (χ2v) is 42.1. The van der Waals surface area contributed by atoms with Gasteiger partial charge in [-0.25, -0.2) is 39.9 Å². The van der Waals surface area contributed by atoms with Crippen LogP contribution in [0.15, 0.2) is 408 Å². The minimum absolute atomic E-state index is 0.00963. The largest absolute Gasteiger partial charge is 0.547 e. The van der Waals surface area contributed by atoms with Crippen LogP contribution in [0.4, 0.5) is 40.8 Å². The standard InChI is InChI=1S/C18H12FS.C18H14FS.2C18H15S.C11H11FI2O3.C7H3F4NO2.C7H3I3O2.C4H8O3.C2H3FO2/c19-13-10-11-18-16(12-13)15-8-4-5-9-17(15)20(18)14-6-2-1-3-7-14;19-15-11-13-18(14-12-15)20(16-7-3-1-4-8-16)17-9-5-2-6-10-17;2*1-4-10-16(11-5-1)19(17-12-6-2-7-13-17)18-14-8-3-9-15-18;1-5(2)10(12)17-11(16)7-3-6(13)4-8(14)9(7)15;8-2-1(7(13)14)3(9)5(11)6(12)4(2)10;8-3-1-4(7(11)12)6(10)5(9)2-3;1-4(2,7)3(5)6;3-1-2(4)5/h1-12H;1-14H;2*1-15H;3-5,10,15H,1-2H3;12H2,(H,13,14);1-2H,(H,11,12);7H,1-2H3,(H,5,6);1H2,(H,4,5)/q4*+1;;;;;/p-4. The van der Waals surface area contributed by atoms with Gasteiger partial charge in [0.2, 0.25) is 6.36 Å². The lowest BCUT2D eigenvalue weighted by Crippen LogP contribution is -2.43. The lowest BCUT2D eigenvalue weighted by molar-refractivity contribution is -0.322. The number of alkyl halides is 2. The second kappa shape index (κ2) is 54.2. The van der Waals surface area contributed by atoms with Crippen molar-refractivity contribution in [3.63, 3.8) is 0 Å². The van der Waals surface area contributed by atoms with Gasteiger partial charge < -0.3 is 60.3 Å². The third kappa shape index (κ3) is 32.4. The number of thiophene rings is 1. The van der Waals surface area contributed by atoms with Gasteiger partial charge in [0.25, 0.3) is 0 Å². The van der Waals surface area contributed by atoms with E-state index in [1.54, 1.807) is 38.1 Å². The third-order valence-corrected chi connectivity index (χ3v) is 31.9. The number of esters is 1. The highest BCUT2D eigenvalue weighted by molar-refractivity contribution is 14.1. The number of phenols is 1. The Balaban J connectivity index is 0.000000188. The SMILES string of the molecule is CC(C)(O)C(=O)[O-].CC(C)C(F)OC(=O)c1cc(I)cc(I)c1O.Fc1ccc([S+](c2ccccc2)c2ccccc2)cc1.Fc1ccc2c(c1)c1ccccc1[s+]2-c1ccccc1.Nc1c(F)c(F)c(C(=O)[O-])c(F)c1F.O=C([O-])CF.O=C([O-])c1cc(I)cc(I)c1I.c1ccc([S+](c2ccccc2)c2ccccc2)cc1.c1ccc([S+](c2ccccc2)c2ccccc2)cc1. The lowest BCUT2D eigenvalue weighted by atomic mass is 10.1. The summed E-state index contributed by atoms with van der Waals surface area (Å²) in [4.78, 5) is 64.0. The number of aliphatic hydroxyl groups is 1. The van der Waals surface area contributed by atoms with Gasteiger partial charge >= 0.3 is 5.97 Å². The third-order valence-electron chi connectivity index (χ3n) is 17.7. The summed E-state index contributed by atoms with van der Waals surface area (Å²) >= 11 is 10.1. The molecule has 684 valence electrons. The summed E-state index contributed by atoms with van der Waals surface area (Å²) in [7, 11) is -0.334. The number of rotatable bonds is 17. The van der Waals surface area contributed by atoms with E-state index in [4.69, 9.17) is 15.0 Å². The second-order valence-electron chi connectivity index (χ2n) is 28.1. The number of carboxylic acid groups (broad SMARTS) is 4. The van der Waals surface area contributed by atoms with Crippen LogP contribution in [0.25, 0.3) is 25.1 Å². The zero-order valence-corrected chi connectivity index (χ0v) is 84.7. The van der Waals surface area contributed by atoms with Crippen molar-refractivity contribution in [3.05, 3.63) is 433 Å². The summed E-state index contributed by atoms with van der Waals surface area (Å²) in [5, 5.41) is 59.6. The molecule has 0 saturated heterocycles. The molecule has 0 fully saturated rings. The van der Waals surface area contributed by atoms with E-state index in [0.29, 0.717) is 3.57 Å². The van der Waals surface area contributed by atoms with E-state index in [1.807, 2.05) is 141 Å². The van der Waals surface area contributed by atoms with Gasteiger partial charge in [-0.2, -0.15) is 0 Å². The number of nitrogens with two attached hydrogens (primary N) is 1. The summed E-state index contributed by atoms with van der Waals surface area (Å²) in [6.45, 7) is 4.14. The Morgan fingerprint density at radius 1 is 0.406 bits per heavy atom. The van der Waals surface area contributed by atoms with E-state index < -0.39 is 88.9 Å². The summed E-state index contributed by atoms with van der Waals surface area (Å²) in [5.41, 5.74) is -0.0475. The molecule has 16 aromatic rings. The van der Waals surface area contributed by atoms with Crippen LogP contribution >= 0.6 is 123 Å². The fraction of sp³-hybridized carbons (Fsp3) is 0.0777. The number of aromatic carboxylic acids is 2. The summed E-state index contributed by atoms with van der Waals surface area (Å²) in [6, 6.07) is 122. The number of benzene rings is 15. The molecule has 13 nitrogen and oxygen atoms in total. The van der Waals surface area contributed by atoms with Crippen molar-refractivity contribution in [2.24, 2.45) is 5.92 Å². The number of halogens is 13. The zero-order chi connectivity index (χ0) is 97.0. The van der Waals surface area contributed by atoms with Crippen molar-refractivity contribution in [2.75, 3.05) is 12.4 Å². The van der Waals surface area contributed by atoms with Crippen molar-refractivity contribution in [2.45, 2.75) is 83.7 Å². The van der Waals surface area contributed by atoms with Crippen molar-refractivity contribution in [3.8, 4) is 10.6 Å². The minimum atomic E-state index is -2.36. The molecule has 4 N–H and O–H groups in total. The number of carbonyl (C=O) groups excluding carboxylic acids is 5.